The first-order valence-corrected chi connectivity index (χ1v) is 1.98. The highest BCUT2D eigenvalue weighted by Crippen LogP contribution is 1.55. The Balaban J connectivity index is 3.44. The second kappa shape index (κ2) is 1.65. The number of H-pyrrole nitrogens is 1. The van der Waals surface area contributed by atoms with Crippen LogP contribution in [0.25, 0.3) is 0 Å². The van der Waals surface area contributed by atoms with Gasteiger partial charge in [0.25, 0.3) is 5.56 Å². The van der Waals surface area contributed by atoms with Gasteiger partial charge in [-0.25, -0.2) is 4.79 Å². The zero-order valence-corrected chi connectivity index (χ0v) is 3.88. The van der Waals surface area contributed by atoms with Gasteiger partial charge < -0.3 is 4.52 Å². The van der Waals surface area contributed by atoms with Crippen LogP contribution in [0.3, 0.4) is 0 Å². The van der Waals surface area contributed by atoms with E-state index in [9.17, 15) is 9.59 Å². The summed E-state index contributed by atoms with van der Waals surface area (Å²) in [6.45, 7) is 0. The molecule has 8 heavy (non-hydrogen) atoms. The topological polar surface area (TPSA) is 63.1 Å². The van der Waals surface area contributed by atoms with E-state index in [4.69, 9.17) is 0 Å². The quantitative estimate of drug-likeness (QED) is 0.485. The molecule has 0 bridgehead atoms. The Bertz CT molecular complexity index is 219. The largest absolute Gasteiger partial charge is 0.356 e. The van der Waals surface area contributed by atoms with Crippen molar-refractivity contribution in [1.29, 1.82) is 0 Å². The molecule has 0 saturated carbocycles. The van der Waals surface area contributed by atoms with Crippen LogP contribution in [0.2, 0.25) is 0 Å². The van der Waals surface area contributed by atoms with Gasteiger partial charge in [-0.2, -0.15) is 5.16 Å². The molecule has 42 valence electrons. The lowest BCUT2D eigenvalue weighted by atomic mass is 10.6. The minimum absolute atomic E-state index is 0.412. The highest BCUT2D eigenvalue weighted by molar-refractivity contribution is 4.80. The van der Waals surface area contributed by atoms with Crippen molar-refractivity contribution in [2.75, 3.05) is 0 Å². The molecule has 0 aromatic carbocycles. The van der Waals surface area contributed by atoms with Crippen molar-refractivity contribution in [1.82, 2.24) is 5.16 Å². The number of aromatic amines is 1. The molecule has 1 heterocycles. The van der Waals surface area contributed by atoms with E-state index in [-0.39, 0.29) is 0 Å². The lowest BCUT2D eigenvalue weighted by molar-refractivity contribution is 0.361. The van der Waals surface area contributed by atoms with Gasteiger partial charge in [0, 0.05) is 12.1 Å². The fourth-order valence-electron chi connectivity index (χ4n) is 0.312. The van der Waals surface area contributed by atoms with Gasteiger partial charge in [0.2, 0.25) is 0 Å². The minimum Gasteiger partial charge on any atom is -0.336 e. The highest BCUT2D eigenvalue weighted by atomic mass is 16.5. The third kappa shape index (κ3) is 0.841. The molecule has 0 unspecified atom stereocenters. The van der Waals surface area contributed by atoms with E-state index in [1.807, 2.05) is 5.16 Å². The molecule has 0 aliphatic heterocycles. The summed E-state index contributed by atoms with van der Waals surface area (Å²) in [6, 6.07) is 2.16. The van der Waals surface area contributed by atoms with Crippen molar-refractivity contribution in [3.8, 4) is 0 Å². The minimum atomic E-state index is -0.551. The standard InChI is InChI=1S/C4H3NO3/c6-3-1-2-4(7)8-5-3/h1-2H,(H,5,6). The van der Waals surface area contributed by atoms with E-state index in [1.54, 1.807) is 0 Å². The van der Waals surface area contributed by atoms with Gasteiger partial charge in [0.05, 0.1) is 0 Å². The predicted molar refractivity (Wildman–Crippen MR) is 25.6 cm³/mol. The maximum absolute atomic E-state index is 10.1. The average Bonchev–Trinajstić information content (AvgIpc) is 1.77. The summed E-state index contributed by atoms with van der Waals surface area (Å²) in [6.07, 6.45) is 0. The van der Waals surface area contributed by atoms with E-state index < -0.39 is 11.2 Å². The van der Waals surface area contributed by atoms with E-state index in [1.165, 1.54) is 0 Å². The highest BCUT2D eigenvalue weighted by Gasteiger charge is 1.80. The molecule has 0 saturated heterocycles. The van der Waals surface area contributed by atoms with Gasteiger partial charge >= 0.3 is 5.63 Å². The van der Waals surface area contributed by atoms with Crippen LogP contribution >= 0.6 is 0 Å². The maximum Gasteiger partial charge on any atom is 0.356 e. The van der Waals surface area contributed by atoms with Crippen molar-refractivity contribution >= 4 is 0 Å². The average molecular weight is 113 g/mol. The van der Waals surface area contributed by atoms with E-state index in [0.717, 1.165) is 12.1 Å². The number of hydrogen-bond acceptors (Lipinski definition) is 3. The molecule has 0 aliphatic carbocycles. The summed E-state index contributed by atoms with van der Waals surface area (Å²) in [5.41, 5.74) is -0.964. The van der Waals surface area contributed by atoms with Gasteiger partial charge in [-0.05, 0) is 0 Å². The molecule has 1 aromatic rings. The molecule has 0 atom stereocenters. The van der Waals surface area contributed by atoms with Crippen LogP contribution in [0.15, 0.2) is 26.2 Å². The Labute approximate surface area is 43.7 Å². The van der Waals surface area contributed by atoms with Gasteiger partial charge in [-0.3, -0.25) is 4.79 Å². The molecule has 4 heteroatoms. The molecule has 1 aromatic heterocycles. The Hall–Kier alpha value is -1.32. The smallest absolute Gasteiger partial charge is 0.336 e. The van der Waals surface area contributed by atoms with Crippen LogP contribution in [0.1, 0.15) is 0 Å². The SMILES string of the molecule is O=c1ccc(=O)o[nH]1. The Kier molecular flexibility index (Phi) is 0.997. The van der Waals surface area contributed by atoms with Crippen molar-refractivity contribution in [2.45, 2.75) is 0 Å². The Morgan fingerprint density at radius 1 is 1.38 bits per heavy atom. The zero-order chi connectivity index (χ0) is 5.98. The predicted octanol–water partition coefficient (Wildman–Crippen LogP) is -0.672. The first kappa shape index (κ1) is 4.83. The van der Waals surface area contributed by atoms with Gasteiger partial charge in [-0.1, -0.05) is 0 Å². The second-order valence-electron chi connectivity index (χ2n) is 1.22. The summed E-state index contributed by atoms with van der Waals surface area (Å²) < 4.78 is 4.06. The van der Waals surface area contributed by atoms with Gasteiger partial charge in [0.15, 0.2) is 0 Å². The van der Waals surface area contributed by atoms with E-state index >= 15 is 0 Å². The second-order valence-corrected chi connectivity index (χ2v) is 1.22. The van der Waals surface area contributed by atoms with E-state index in [2.05, 4.69) is 4.52 Å². The van der Waals surface area contributed by atoms with Crippen LogP contribution in [0, 0.1) is 0 Å². The number of nitrogens with one attached hydrogen (secondary N) is 1. The molecule has 0 fully saturated rings. The van der Waals surface area contributed by atoms with Crippen molar-refractivity contribution < 1.29 is 4.52 Å². The monoisotopic (exact) mass is 113 g/mol. The summed E-state index contributed by atoms with van der Waals surface area (Å²) >= 11 is 0. The van der Waals surface area contributed by atoms with Crippen LogP contribution in [-0.4, -0.2) is 5.16 Å². The molecule has 0 aliphatic rings. The van der Waals surface area contributed by atoms with Crippen molar-refractivity contribution in [2.24, 2.45) is 0 Å². The summed E-state index contributed by atoms with van der Waals surface area (Å²) in [5.74, 6) is 0. The molecular weight excluding hydrogens is 110 g/mol. The van der Waals surface area contributed by atoms with Crippen molar-refractivity contribution in [3.05, 3.63) is 32.9 Å². The molecule has 1 N–H and O–H groups in total. The summed E-state index contributed by atoms with van der Waals surface area (Å²) in [5, 5.41) is 1.86. The van der Waals surface area contributed by atoms with Gasteiger partial charge in [0.1, 0.15) is 0 Å². The third-order valence-electron chi connectivity index (χ3n) is 0.623. The van der Waals surface area contributed by atoms with Crippen LogP contribution < -0.4 is 11.2 Å². The Morgan fingerprint density at radius 2 is 2.12 bits per heavy atom. The first-order valence-electron chi connectivity index (χ1n) is 1.98. The lowest BCUT2D eigenvalue weighted by Crippen LogP contribution is -2.08. The molecule has 0 spiro atoms. The number of aromatic nitrogens is 1. The maximum atomic E-state index is 10.1. The molecule has 0 radical (unpaired) electrons. The Morgan fingerprint density at radius 3 is 2.50 bits per heavy atom. The number of rotatable bonds is 0. The number of hydrogen-bond donors (Lipinski definition) is 1. The van der Waals surface area contributed by atoms with E-state index in [0.29, 0.717) is 0 Å². The molecular formula is C4H3NO3. The fourth-order valence-corrected chi connectivity index (χ4v) is 0.312. The summed E-state index contributed by atoms with van der Waals surface area (Å²) in [7, 11) is 0. The molecule has 0 amide bonds. The van der Waals surface area contributed by atoms with Crippen LogP contribution in [-0.2, 0) is 0 Å². The van der Waals surface area contributed by atoms with Gasteiger partial charge in [-0.15, -0.1) is 0 Å². The van der Waals surface area contributed by atoms with Crippen LogP contribution in [0.4, 0.5) is 0 Å². The summed E-state index contributed by atoms with van der Waals surface area (Å²) in [4.78, 5) is 20.2. The molecule has 4 nitrogen and oxygen atoms in total. The third-order valence-corrected chi connectivity index (χ3v) is 0.623. The van der Waals surface area contributed by atoms with Crippen molar-refractivity contribution in [3.63, 3.8) is 0 Å². The zero-order valence-electron chi connectivity index (χ0n) is 3.88. The fraction of sp³-hybridized carbons (Fsp3) is 0. The normalized spacial score (nSPS) is 9.00. The molecule has 1 rings (SSSR count). The first-order chi connectivity index (χ1) is 3.79. The van der Waals surface area contributed by atoms with Crippen LogP contribution in [0.5, 0.6) is 0 Å². The lowest BCUT2D eigenvalue weighted by Gasteiger charge is -1.74.